The molecular weight excluding hydrogens is 220 g/mol. The molecule has 92 valence electrons. The Morgan fingerprint density at radius 2 is 2.29 bits per heavy atom. The lowest BCUT2D eigenvalue weighted by atomic mass is 9.61. The van der Waals surface area contributed by atoms with Gasteiger partial charge in [0.25, 0.3) is 0 Å². The molecule has 1 N–H and O–H groups in total. The monoisotopic (exact) mass is 236 g/mol. The van der Waals surface area contributed by atoms with Gasteiger partial charge in [0.2, 0.25) is 0 Å². The fraction of sp³-hybridized carbons (Fsp3) is 0.727. The maximum absolute atomic E-state index is 10.7. The molecule has 2 aliphatic rings. The van der Waals surface area contributed by atoms with Crippen molar-refractivity contribution in [1.29, 1.82) is 0 Å². The highest BCUT2D eigenvalue weighted by Gasteiger charge is 2.54. The molecule has 0 radical (unpaired) electrons. The van der Waals surface area contributed by atoms with E-state index in [1.54, 1.807) is 6.33 Å². The van der Waals surface area contributed by atoms with E-state index in [1.165, 1.54) is 4.90 Å². The Kier molecular flexibility index (Phi) is 2.14. The van der Waals surface area contributed by atoms with Crippen LogP contribution < -0.4 is 0 Å². The van der Waals surface area contributed by atoms with Gasteiger partial charge in [0, 0.05) is 24.9 Å². The van der Waals surface area contributed by atoms with Crippen LogP contribution in [0.25, 0.3) is 0 Å². The number of aromatic nitrogens is 3. The minimum Gasteiger partial charge on any atom is -0.465 e. The molecule has 1 spiro atoms. The molecule has 0 bridgehead atoms. The van der Waals surface area contributed by atoms with E-state index in [0.717, 1.165) is 25.1 Å². The first kappa shape index (κ1) is 10.6. The van der Waals surface area contributed by atoms with Crippen LogP contribution in [-0.2, 0) is 6.42 Å². The molecule has 0 atom stereocenters. The fourth-order valence-corrected chi connectivity index (χ4v) is 2.93. The fourth-order valence-electron chi connectivity index (χ4n) is 2.93. The second-order valence-corrected chi connectivity index (χ2v) is 5.20. The Morgan fingerprint density at radius 3 is 2.82 bits per heavy atom. The van der Waals surface area contributed by atoms with Gasteiger partial charge >= 0.3 is 6.09 Å². The largest absolute Gasteiger partial charge is 0.465 e. The summed E-state index contributed by atoms with van der Waals surface area (Å²) in [5, 5.41) is 13.2. The van der Waals surface area contributed by atoms with Crippen molar-refractivity contribution in [2.75, 3.05) is 13.1 Å². The van der Waals surface area contributed by atoms with E-state index >= 15 is 0 Å². The van der Waals surface area contributed by atoms with E-state index in [2.05, 4.69) is 10.1 Å². The molecule has 1 saturated heterocycles. The number of nitrogens with zero attached hydrogens (tertiary/aromatic N) is 4. The molecule has 1 aliphatic heterocycles. The Balaban J connectivity index is 1.57. The number of amides is 1. The summed E-state index contributed by atoms with van der Waals surface area (Å²) in [6.07, 6.45) is 3.92. The van der Waals surface area contributed by atoms with Crippen LogP contribution in [0.4, 0.5) is 4.79 Å². The first-order valence-electron chi connectivity index (χ1n) is 6.00. The van der Waals surface area contributed by atoms with E-state index in [0.29, 0.717) is 19.1 Å². The number of hydrogen-bond acceptors (Lipinski definition) is 3. The van der Waals surface area contributed by atoms with Crippen molar-refractivity contribution in [1.82, 2.24) is 19.7 Å². The van der Waals surface area contributed by atoms with Gasteiger partial charge in [-0.25, -0.2) is 14.5 Å². The van der Waals surface area contributed by atoms with Crippen LogP contribution in [0.2, 0.25) is 0 Å². The molecule has 0 unspecified atom stereocenters. The Labute approximate surface area is 99.2 Å². The van der Waals surface area contributed by atoms with Gasteiger partial charge < -0.3 is 10.0 Å². The first-order valence-corrected chi connectivity index (χ1v) is 6.00. The summed E-state index contributed by atoms with van der Waals surface area (Å²) in [6.45, 7) is 3.42. The van der Waals surface area contributed by atoms with Crippen molar-refractivity contribution in [2.24, 2.45) is 5.41 Å². The Hall–Kier alpha value is -1.59. The zero-order valence-electron chi connectivity index (χ0n) is 9.83. The van der Waals surface area contributed by atoms with E-state index in [1.807, 2.05) is 11.6 Å². The maximum atomic E-state index is 10.7. The highest BCUT2D eigenvalue weighted by molar-refractivity contribution is 5.66. The van der Waals surface area contributed by atoms with Crippen LogP contribution in [0.3, 0.4) is 0 Å². The number of likely N-dealkylation sites (tertiary alicyclic amines) is 1. The lowest BCUT2D eigenvalue weighted by molar-refractivity contribution is -0.0772. The van der Waals surface area contributed by atoms with Crippen LogP contribution in [-0.4, -0.2) is 44.0 Å². The van der Waals surface area contributed by atoms with Crippen molar-refractivity contribution >= 4 is 6.09 Å². The SMILES string of the molecule is CCc1ncn(C2CC3(C2)CN(C(=O)O)C3)n1. The predicted octanol–water partition coefficient (Wildman–Crippen LogP) is 1.16. The van der Waals surface area contributed by atoms with Gasteiger partial charge in [-0.15, -0.1) is 0 Å². The molecule has 1 aromatic heterocycles. The third-order valence-electron chi connectivity index (χ3n) is 3.91. The third kappa shape index (κ3) is 1.59. The number of carbonyl (C=O) groups is 1. The van der Waals surface area contributed by atoms with Crippen molar-refractivity contribution in [3.05, 3.63) is 12.2 Å². The molecule has 6 heteroatoms. The molecule has 6 nitrogen and oxygen atoms in total. The van der Waals surface area contributed by atoms with Gasteiger partial charge in [-0.3, -0.25) is 0 Å². The van der Waals surface area contributed by atoms with Gasteiger partial charge in [-0.2, -0.15) is 5.10 Å². The predicted molar refractivity (Wildman–Crippen MR) is 59.7 cm³/mol. The van der Waals surface area contributed by atoms with Gasteiger partial charge in [-0.1, -0.05) is 6.92 Å². The molecule has 2 heterocycles. The van der Waals surface area contributed by atoms with Crippen LogP contribution in [0.5, 0.6) is 0 Å². The normalized spacial score (nSPS) is 22.3. The van der Waals surface area contributed by atoms with Crippen LogP contribution >= 0.6 is 0 Å². The minimum atomic E-state index is -0.798. The third-order valence-corrected chi connectivity index (χ3v) is 3.91. The minimum absolute atomic E-state index is 0.237. The topological polar surface area (TPSA) is 71.2 Å². The lowest BCUT2D eigenvalue weighted by Gasteiger charge is -2.57. The molecule has 2 fully saturated rings. The maximum Gasteiger partial charge on any atom is 0.407 e. The molecule has 17 heavy (non-hydrogen) atoms. The second kappa shape index (κ2) is 3.45. The number of carboxylic acid groups (broad SMARTS) is 1. The summed E-state index contributed by atoms with van der Waals surface area (Å²) >= 11 is 0. The van der Waals surface area contributed by atoms with Crippen molar-refractivity contribution in [3.8, 4) is 0 Å². The van der Waals surface area contributed by atoms with Gasteiger partial charge in [0.05, 0.1) is 6.04 Å². The van der Waals surface area contributed by atoms with Crippen molar-refractivity contribution < 1.29 is 9.90 Å². The average Bonchev–Trinajstić information content (AvgIpc) is 2.61. The van der Waals surface area contributed by atoms with Crippen molar-refractivity contribution in [2.45, 2.75) is 32.2 Å². The second-order valence-electron chi connectivity index (χ2n) is 5.20. The van der Waals surface area contributed by atoms with Gasteiger partial charge in [0.15, 0.2) is 0 Å². The summed E-state index contributed by atoms with van der Waals surface area (Å²) in [7, 11) is 0. The van der Waals surface area contributed by atoms with E-state index < -0.39 is 6.09 Å². The smallest absolute Gasteiger partial charge is 0.407 e. The number of rotatable bonds is 2. The number of hydrogen-bond donors (Lipinski definition) is 1. The van der Waals surface area contributed by atoms with Gasteiger partial charge in [0.1, 0.15) is 12.2 Å². The highest BCUT2D eigenvalue weighted by atomic mass is 16.4. The van der Waals surface area contributed by atoms with E-state index in [4.69, 9.17) is 5.11 Å². The molecule has 1 saturated carbocycles. The summed E-state index contributed by atoms with van der Waals surface area (Å²) in [6, 6.07) is 0.416. The van der Waals surface area contributed by atoms with Crippen LogP contribution in [0, 0.1) is 5.41 Å². The Bertz CT molecular complexity index is 442. The quantitative estimate of drug-likeness (QED) is 0.836. The zero-order valence-corrected chi connectivity index (χ0v) is 9.83. The summed E-state index contributed by atoms with van der Waals surface area (Å²) in [5.41, 5.74) is 0.237. The van der Waals surface area contributed by atoms with E-state index in [9.17, 15) is 4.79 Å². The van der Waals surface area contributed by atoms with Crippen LogP contribution in [0.15, 0.2) is 6.33 Å². The highest BCUT2D eigenvalue weighted by Crippen LogP contribution is 2.53. The van der Waals surface area contributed by atoms with E-state index in [-0.39, 0.29) is 5.41 Å². The summed E-state index contributed by atoms with van der Waals surface area (Å²) < 4.78 is 1.94. The molecule has 1 amide bonds. The summed E-state index contributed by atoms with van der Waals surface area (Å²) in [5.74, 6) is 0.881. The molecule has 3 rings (SSSR count). The van der Waals surface area contributed by atoms with Crippen molar-refractivity contribution in [3.63, 3.8) is 0 Å². The molecule has 1 aliphatic carbocycles. The zero-order chi connectivity index (χ0) is 12.0. The summed E-state index contributed by atoms with van der Waals surface area (Å²) in [4.78, 5) is 16.4. The number of aryl methyl sites for hydroxylation is 1. The van der Waals surface area contributed by atoms with Crippen LogP contribution in [0.1, 0.15) is 31.6 Å². The van der Waals surface area contributed by atoms with Gasteiger partial charge in [-0.05, 0) is 12.8 Å². The lowest BCUT2D eigenvalue weighted by Crippen LogP contribution is -2.63. The average molecular weight is 236 g/mol. The standard InChI is InChI=1S/C11H16N4O2/c1-2-9-12-7-15(13-9)8-3-11(4-8)5-14(6-11)10(16)17/h7-8H,2-6H2,1H3,(H,16,17). The molecule has 1 aromatic rings. The molecular formula is C11H16N4O2. The first-order chi connectivity index (χ1) is 8.12. The Morgan fingerprint density at radius 1 is 1.59 bits per heavy atom. The molecule has 0 aromatic carbocycles.